The van der Waals surface area contributed by atoms with Crippen molar-refractivity contribution in [3.63, 3.8) is 0 Å². The predicted molar refractivity (Wildman–Crippen MR) is 69.9 cm³/mol. The second-order valence-electron chi connectivity index (χ2n) is 5.26. The van der Waals surface area contributed by atoms with E-state index in [1.54, 1.807) is 14.2 Å². The fourth-order valence-electron chi connectivity index (χ4n) is 2.73. The van der Waals surface area contributed by atoms with Gasteiger partial charge in [0.2, 0.25) is 0 Å². The molecule has 0 spiro atoms. The van der Waals surface area contributed by atoms with E-state index in [1.807, 2.05) is 0 Å². The Hall–Kier alpha value is -0.160. The SMILES string of the molecule is COC(OC)C(C)(CN)NC1CCCCCC1. The van der Waals surface area contributed by atoms with Gasteiger partial charge in [0.25, 0.3) is 0 Å². The maximum atomic E-state index is 5.89. The lowest BCUT2D eigenvalue weighted by Crippen LogP contribution is -2.61. The highest BCUT2D eigenvalue weighted by atomic mass is 16.7. The molecule has 1 saturated carbocycles. The zero-order valence-corrected chi connectivity index (χ0v) is 11.5. The number of nitrogens with two attached hydrogens (primary N) is 1. The Morgan fingerprint density at radius 2 is 1.71 bits per heavy atom. The summed E-state index contributed by atoms with van der Waals surface area (Å²) >= 11 is 0. The molecule has 1 unspecified atom stereocenters. The summed E-state index contributed by atoms with van der Waals surface area (Å²) in [5, 5.41) is 3.65. The van der Waals surface area contributed by atoms with Crippen molar-refractivity contribution in [3.05, 3.63) is 0 Å². The normalized spacial score (nSPS) is 22.4. The Labute approximate surface area is 105 Å². The van der Waals surface area contributed by atoms with Crippen LogP contribution >= 0.6 is 0 Å². The van der Waals surface area contributed by atoms with Crippen LogP contribution in [-0.2, 0) is 9.47 Å². The number of hydrogen-bond donors (Lipinski definition) is 2. The van der Waals surface area contributed by atoms with Crippen LogP contribution < -0.4 is 11.1 Å². The van der Waals surface area contributed by atoms with Gasteiger partial charge in [-0.05, 0) is 19.8 Å². The van der Waals surface area contributed by atoms with Gasteiger partial charge in [-0.1, -0.05) is 25.7 Å². The molecule has 0 amide bonds. The van der Waals surface area contributed by atoms with Crippen LogP contribution in [0.1, 0.15) is 45.4 Å². The molecule has 4 heteroatoms. The van der Waals surface area contributed by atoms with Crippen molar-refractivity contribution in [2.75, 3.05) is 20.8 Å². The molecule has 0 radical (unpaired) electrons. The van der Waals surface area contributed by atoms with Crippen molar-refractivity contribution < 1.29 is 9.47 Å². The minimum Gasteiger partial charge on any atom is -0.354 e. The van der Waals surface area contributed by atoms with E-state index in [9.17, 15) is 0 Å². The molecule has 3 N–H and O–H groups in total. The van der Waals surface area contributed by atoms with E-state index in [4.69, 9.17) is 15.2 Å². The Kier molecular flexibility index (Phi) is 6.41. The van der Waals surface area contributed by atoms with Crippen LogP contribution in [-0.4, -0.2) is 38.6 Å². The van der Waals surface area contributed by atoms with Crippen LogP contribution in [0, 0.1) is 0 Å². The number of rotatable bonds is 6. The van der Waals surface area contributed by atoms with E-state index in [2.05, 4.69) is 12.2 Å². The number of nitrogens with one attached hydrogen (secondary N) is 1. The molecule has 4 nitrogen and oxygen atoms in total. The molecule has 1 fully saturated rings. The van der Waals surface area contributed by atoms with Crippen LogP contribution in [0.3, 0.4) is 0 Å². The Balaban J connectivity index is 2.59. The van der Waals surface area contributed by atoms with Crippen molar-refractivity contribution in [1.29, 1.82) is 0 Å². The molecule has 1 atom stereocenters. The molecular weight excluding hydrogens is 216 g/mol. The van der Waals surface area contributed by atoms with Gasteiger partial charge < -0.3 is 20.5 Å². The predicted octanol–water partition coefficient (Wildman–Crippen LogP) is 1.64. The average molecular weight is 244 g/mol. The minimum absolute atomic E-state index is 0.296. The van der Waals surface area contributed by atoms with E-state index in [1.165, 1.54) is 38.5 Å². The van der Waals surface area contributed by atoms with Crippen LogP contribution in [0.5, 0.6) is 0 Å². The molecule has 0 aromatic carbocycles. The van der Waals surface area contributed by atoms with Crippen LogP contribution in [0.25, 0.3) is 0 Å². The molecule has 1 aliphatic carbocycles. The van der Waals surface area contributed by atoms with Gasteiger partial charge in [0.05, 0.1) is 5.54 Å². The molecule has 0 aliphatic heterocycles. The summed E-state index contributed by atoms with van der Waals surface area (Å²) in [4.78, 5) is 0. The quantitative estimate of drug-likeness (QED) is 0.551. The first-order valence-corrected chi connectivity index (χ1v) is 6.69. The molecule has 0 saturated heterocycles. The minimum atomic E-state index is -0.307. The van der Waals surface area contributed by atoms with Crippen LogP contribution in [0.15, 0.2) is 0 Å². The molecule has 102 valence electrons. The monoisotopic (exact) mass is 244 g/mol. The molecule has 0 heterocycles. The summed E-state index contributed by atoms with van der Waals surface area (Å²) in [5.41, 5.74) is 5.59. The smallest absolute Gasteiger partial charge is 0.175 e. The summed E-state index contributed by atoms with van der Waals surface area (Å²) in [5.74, 6) is 0. The average Bonchev–Trinajstić information content (AvgIpc) is 2.59. The molecule has 0 aromatic rings. The van der Waals surface area contributed by atoms with Crippen molar-refractivity contribution >= 4 is 0 Å². The largest absolute Gasteiger partial charge is 0.354 e. The topological polar surface area (TPSA) is 56.5 Å². The van der Waals surface area contributed by atoms with Gasteiger partial charge in [-0.25, -0.2) is 0 Å². The second-order valence-corrected chi connectivity index (χ2v) is 5.26. The Morgan fingerprint density at radius 3 is 2.12 bits per heavy atom. The first-order chi connectivity index (χ1) is 8.16. The van der Waals surface area contributed by atoms with Crippen molar-refractivity contribution in [2.45, 2.75) is 63.3 Å². The van der Waals surface area contributed by atoms with Crippen molar-refractivity contribution in [3.8, 4) is 0 Å². The van der Waals surface area contributed by atoms with E-state index < -0.39 is 0 Å². The molecule has 1 aliphatic rings. The summed E-state index contributed by atoms with van der Waals surface area (Å²) < 4.78 is 10.7. The zero-order valence-electron chi connectivity index (χ0n) is 11.5. The van der Waals surface area contributed by atoms with Gasteiger partial charge in [0.1, 0.15) is 0 Å². The highest BCUT2D eigenvalue weighted by molar-refractivity contribution is 4.91. The fourth-order valence-corrected chi connectivity index (χ4v) is 2.73. The van der Waals surface area contributed by atoms with E-state index in [0.717, 1.165) is 0 Å². The van der Waals surface area contributed by atoms with Crippen molar-refractivity contribution in [1.82, 2.24) is 5.32 Å². The second kappa shape index (κ2) is 7.31. The zero-order chi connectivity index (χ0) is 12.7. The highest BCUT2D eigenvalue weighted by Crippen LogP contribution is 2.21. The van der Waals surface area contributed by atoms with Crippen LogP contribution in [0.4, 0.5) is 0 Å². The van der Waals surface area contributed by atoms with Gasteiger partial charge in [0.15, 0.2) is 6.29 Å². The maximum absolute atomic E-state index is 5.89. The number of methoxy groups -OCH3 is 2. The standard InChI is InChI=1S/C13H28N2O2/c1-13(10-14,12(16-2)17-3)15-11-8-6-4-5-7-9-11/h11-12,15H,4-10,14H2,1-3H3. The first kappa shape index (κ1) is 14.9. The Morgan fingerprint density at radius 1 is 1.18 bits per heavy atom. The molecule has 0 aromatic heterocycles. The van der Waals surface area contributed by atoms with Gasteiger partial charge >= 0.3 is 0 Å². The van der Waals surface area contributed by atoms with Crippen molar-refractivity contribution in [2.24, 2.45) is 5.73 Å². The van der Waals surface area contributed by atoms with Gasteiger partial charge in [0, 0.05) is 26.8 Å². The lowest BCUT2D eigenvalue weighted by atomic mass is 9.97. The first-order valence-electron chi connectivity index (χ1n) is 6.69. The van der Waals surface area contributed by atoms with Crippen LogP contribution in [0.2, 0.25) is 0 Å². The maximum Gasteiger partial charge on any atom is 0.175 e. The highest BCUT2D eigenvalue weighted by Gasteiger charge is 2.35. The molecule has 0 bridgehead atoms. The summed E-state index contributed by atoms with van der Waals surface area (Å²) in [6.07, 6.45) is 7.50. The summed E-state index contributed by atoms with van der Waals surface area (Å²) in [7, 11) is 3.33. The third-order valence-corrected chi connectivity index (χ3v) is 3.76. The Bertz CT molecular complexity index is 202. The van der Waals surface area contributed by atoms with Gasteiger partial charge in [-0.2, -0.15) is 0 Å². The molecule has 1 rings (SSSR count). The van der Waals surface area contributed by atoms with Gasteiger partial charge in [-0.15, -0.1) is 0 Å². The summed E-state index contributed by atoms with van der Waals surface area (Å²) in [6.45, 7) is 2.59. The third-order valence-electron chi connectivity index (χ3n) is 3.76. The third kappa shape index (κ3) is 4.21. The van der Waals surface area contributed by atoms with E-state index in [0.29, 0.717) is 12.6 Å². The lowest BCUT2D eigenvalue weighted by Gasteiger charge is -2.38. The molecular formula is C13H28N2O2. The molecule has 17 heavy (non-hydrogen) atoms. The van der Waals surface area contributed by atoms with Gasteiger partial charge in [-0.3, -0.25) is 0 Å². The lowest BCUT2D eigenvalue weighted by molar-refractivity contribution is -0.151. The summed E-state index contributed by atoms with van der Waals surface area (Å²) in [6, 6.07) is 0.541. The number of hydrogen-bond acceptors (Lipinski definition) is 4. The number of ether oxygens (including phenoxy) is 2. The van der Waals surface area contributed by atoms with E-state index >= 15 is 0 Å². The fraction of sp³-hybridized carbons (Fsp3) is 1.00. The van der Waals surface area contributed by atoms with E-state index in [-0.39, 0.29) is 11.8 Å².